The van der Waals surface area contributed by atoms with Gasteiger partial charge in [-0.2, -0.15) is 5.26 Å². The van der Waals surface area contributed by atoms with Crippen molar-refractivity contribution < 1.29 is 13.2 Å². The van der Waals surface area contributed by atoms with Crippen molar-refractivity contribution in [3.8, 4) is 6.07 Å². The van der Waals surface area contributed by atoms with Crippen LogP contribution in [0.4, 0.5) is 0 Å². The number of methoxy groups -OCH3 is 1. The highest BCUT2D eigenvalue weighted by molar-refractivity contribution is 7.89. The Hall–Kier alpha value is -0.680. The van der Waals surface area contributed by atoms with E-state index in [2.05, 4.69) is 10.8 Å². The smallest absolute Gasteiger partial charge is 0.214 e. The lowest BCUT2D eigenvalue weighted by atomic mass is 10.1. The molecule has 0 saturated carbocycles. The fraction of sp³-hybridized carbons (Fsp3) is 0.900. The van der Waals surface area contributed by atoms with Crippen LogP contribution in [-0.2, 0) is 14.8 Å². The molecule has 98 valence electrons. The van der Waals surface area contributed by atoms with Crippen LogP contribution in [0, 0.1) is 11.3 Å². The monoisotopic (exact) mass is 261 g/mol. The quantitative estimate of drug-likeness (QED) is 0.654. The number of hydrogen-bond donors (Lipinski definition) is 1. The van der Waals surface area contributed by atoms with Gasteiger partial charge in [-0.3, -0.25) is 4.90 Å². The summed E-state index contributed by atoms with van der Waals surface area (Å²) in [5.41, 5.74) is 0. The van der Waals surface area contributed by atoms with Crippen molar-refractivity contribution in [2.75, 3.05) is 39.1 Å². The number of piperidine rings is 1. The Bertz CT molecular complexity index is 355. The summed E-state index contributed by atoms with van der Waals surface area (Å²) >= 11 is 0. The number of ether oxygens (including phenoxy) is 1. The Morgan fingerprint density at radius 1 is 1.47 bits per heavy atom. The van der Waals surface area contributed by atoms with Gasteiger partial charge >= 0.3 is 0 Å². The molecule has 1 aliphatic rings. The number of likely N-dealkylation sites (tertiary alicyclic amines) is 1. The molecular weight excluding hydrogens is 242 g/mol. The first kappa shape index (κ1) is 14.4. The van der Waals surface area contributed by atoms with Crippen LogP contribution in [0.1, 0.15) is 12.8 Å². The van der Waals surface area contributed by atoms with Gasteiger partial charge in [0.1, 0.15) is 0 Å². The normalized spacial score (nSPS) is 19.1. The highest BCUT2D eigenvalue weighted by atomic mass is 32.2. The van der Waals surface area contributed by atoms with Crippen LogP contribution in [0.3, 0.4) is 0 Å². The van der Waals surface area contributed by atoms with E-state index in [1.807, 2.05) is 4.90 Å². The van der Waals surface area contributed by atoms with Gasteiger partial charge in [0, 0.05) is 26.2 Å². The third-order valence-electron chi connectivity index (χ3n) is 2.78. The van der Waals surface area contributed by atoms with Crippen molar-refractivity contribution >= 4 is 10.0 Å². The van der Waals surface area contributed by atoms with Crippen LogP contribution < -0.4 is 4.72 Å². The van der Waals surface area contributed by atoms with Crippen LogP contribution >= 0.6 is 0 Å². The maximum Gasteiger partial charge on any atom is 0.214 e. The van der Waals surface area contributed by atoms with Gasteiger partial charge in [-0.15, -0.1) is 0 Å². The molecule has 6 nitrogen and oxygen atoms in total. The maximum absolute atomic E-state index is 11.6. The topological polar surface area (TPSA) is 82.4 Å². The summed E-state index contributed by atoms with van der Waals surface area (Å²) in [7, 11) is -1.75. The molecular formula is C10H19N3O3S. The lowest BCUT2D eigenvalue weighted by molar-refractivity contribution is 0.215. The fourth-order valence-corrected chi connectivity index (χ4v) is 3.06. The van der Waals surface area contributed by atoms with Crippen molar-refractivity contribution in [3.63, 3.8) is 0 Å². The summed E-state index contributed by atoms with van der Waals surface area (Å²) in [5.74, 6) is 0.00189. The van der Waals surface area contributed by atoms with Crippen LogP contribution in [0.15, 0.2) is 0 Å². The minimum atomic E-state index is -3.23. The predicted molar refractivity (Wildman–Crippen MR) is 63.9 cm³/mol. The standard InChI is InChI=1S/C10H19N3O3S/c1-16-8-9-17(14,15)12-10-2-5-13(6-3-10)7-4-11/h10,12H,2-3,5-9H2,1H3. The Kier molecular flexibility index (Phi) is 5.85. The second-order valence-corrected chi connectivity index (χ2v) is 6.01. The Labute approximate surface area is 103 Å². The molecule has 0 unspecified atom stereocenters. The van der Waals surface area contributed by atoms with Gasteiger partial charge in [0.05, 0.1) is 25.0 Å². The summed E-state index contributed by atoms with van der Waals surface area (Å²) in [4.78, 5) is 2.03. The lowest BCUT2D eigenvalue weighted by Crippen LogP contribution is -2.45. The minimum Gasteiger partial charge on any atom is -0.384 e. The summed E-state index contributed by atoms with van der Waals surface area (Å²) in [6.45, 7) is 2.17. The van der Waals surface area contributed by atoms with Gasteiger partial charge in [-0.05, 0) is 12.8 Å². The van der Waals surface area contributed by atoms with E-state index in [-0.39, 0.29) is 18.4 Å². The molecule has 0 aromatic carbocycles. The number of nitriles is 1. The third-order valence-corrected chi connectivity index (χ3v) is 4.18. The first-order valence-electron chi connectivity index (χ1n) is 5.65. The minimum absolute atomic E-state index is 0.00189. The number of nitrogens with zero attached hydrogens (tertiary/aromatic N) is 2. The molecule has 0 atom stereocenters. The van der Waals surface area contributed by atoms with Crippen molar-refractivity contribution in [2.24, 2.45) is 0 Å². The van der Waals surface area contributed by atoms with E-state index >= 15 is 0 Å². The van der Waals surface area contributed by atoms with E-state index in [0.29, 0.717) is 6.54 Å². The highest BCUT2D eigenvalue weighted by Crippen LogP contribution is 2.10. The SMILES string of the molecule is COCCS(=O)(=O)NC1CCN(CC#N)CC1. The Morgan fingerprint density at radius 3 is 2.65 bits per heavy atom. The van der Waals surface area contributed by atoms with Gasteiger partial charge in [0.2, 0.25) is 10.0 Å². The zero-order valence-electron chi connectivity index (χ0n) is 10.1. The van der Waals surface area contributed by atoms with Crippen molar-refractivity contribution in [1.82, 2.24) is 9.62 Å². The largest absolute Gasteiger partial charge is 0.384 e. The molecule has 1 fully saturated rings. The summed E-state index contributed by atoms with van der Waals surface area (Å²) in [6, 6.07) is 2.09. The van der Waals surface area contributed by atoms with Crippen molar-refractivity contribution in [1.29, 1.82) is 5.26 Å². The van der Waals surface area contributed by atoms with E-state index in [0.717, 1.165) is 25.9 Å². The molecule has 1 aliphatic heterocycles. The van der Waals surface area contributed by atoms with E-state index < -0.39 is 10.0 Å². The van der Waals surface area contributed by atoms with E-state index in [1.165, 1.54) is 7.11 Å². The fourth-order valence-electron chi connectivity index (χ4n) is 1.81. The van der Waals surface area contributed by atoms with Crippen molar-refractivity contribution in [2.45, 2.75) is 18.9 Å². The van der Waals surface area contributed by atoms with Gasteiger partial charge in [0.15, 0.2) is 0 Å². The maximum atomic E-state index is 11.6. The Morgan fingerprint density at radius 2 is 2.12 bits per heavy atom. The lowest BCUT2D eigenvalue weighted by Gasteiger charge is -2.30. The van der Waals surface area contributed by atoms with Gasteiger partial charge in [-0.1, -0.05) is 0 Å². The molecule has 0 bridgehead atoms. The van der Waals surface area contributed by atoms with Crippen LogP contribution in [0.5, 0.6) is 0 Å². The average Bonchev–Trinajstić information content (AvgIpc) is 2.29. The molecule has 0 aromatic heterocycles. The zero-order valence-corrected chi connectivity index (χ0v) is 10.9. The number of nitrogens with one attached hydrogen (secondary N) is 1. The number of sulfonamides is 1. The molecule has 1 saturated heterocycles. The van der Waals surface area contributed by atoms with E-state index in [1.54, 1.807) is 0 Å². The molecule has 0 aromatic rings. The van der Waals surface area contributed by atoms with Gasteiger partial charge < -0.3 is 4.74 Å². The summed E-state index contributed by atoms with van der Waals surface area (Å²) < 4.78 is 30.6. The molecule has 1 N–H and O–H groups in total. The van der Waals surface area contributed by atoms with Crippen LogP contribution in [0.25, 0.3) is 0 Å². The van der Waals surface area contributed by atoms with Crippen LogP contribution in [-0.4, -0.2) is 58.5 Å². The molecule has 0 amide bonds. The second-order valence-electron chi connectivity index (χ2n) is 4.14. The molecule has 7 heteroatoms. The number of hydrogen-bond acceptors (Lipinski definition) is 5. The molecule has 0 radical (unpaired) electrons. The number of rotatable bonds is 6. The first-order valence-corrected chi connectivity index (χ1v) is 7.31. The average molecular weight is 261 g/mol. The molecule has 17 heavy (non-hydrogen) atoms. The molecule has 1 heterocycles. The van der Waals surface area contributed by atoms with E-state index in [4.69, 9.17) is 10.00 Å². The second kappa shape index (κ2) is 6.91. The molecule has 1 rings (SSSR count). The van der Waals surface area contributed by atoms with Gasteiger partial charge in [-0.25, -0.2) is 13.1 Å². The summed E-state index contributed by atoms with van der Waals surface area (Å²) in [6.07, 6.45) is 1.52. The third kappa shape index (κ3) is 5.46. The predicted octanol–water partition coefficient (Wildman–Crippen LogP) is -0.460. The first-order chi connectivity index (χ1) is 8.07. The van der Waals surface area contributed by atoms with E-state index in [9.17, 15) is 8.42 Å². The zero-order chi connectivity index (χ0) is 12.7. The van der Waals surface area contributed by atoms with Gasteiger partial charge in [0.25, 0.3) is 0 Å². The van der Waals surface area contributed by atoms with Crippen LogP contribution in [0.2, 0.25) is 0 Å². The molecule has 0 spiro atoms. The highest BCUT2D eigenvalue weighted by Gasteiger charge is 2.22. The Balaban J connectivity index is 2.33. The molecule has 0 aliphatic carbocycles. The van der Waals surface area contributed by atoms with Crippen molar-refractivity contribution in [3.05, 3.63) is 0 Å². The summed E-state index contributed by atoms with van der Waals surface area (Å²) in [5, 5.41) is 8.55.